The summed E-state index contributed by atoms with van der Waals surface area (Å²) >= 11 is 1.64. The SMILES string of the molecule is Cc1nc2ccc(C(=O)NC3CCCCC3)cc2s1. The minimum absolute atomic E-state index is 0.0554. The molecule has 4 heteroatoms. The maximum Gasteiger partial charge on any atom is 0.251 e. The molecule has 19 heavy (non-hydrogen) atoms. The third kappa shape index (κ3) is 2.78. The lowest BCUT2D eigenvalue weighted by Gasteiger charge is -2.22. The number of fused-ring (bicyclic) bond motifs is 1. The predicted octanol–water partition coefficient (Wildman–Crippen LogP) is 3.67. The van der Waals surface area contributed by atoms with Gasteiger partial charge in [-0.05, 0) is 38.0 Å². The number of aromatic nitrogens is 1. The van der Waals surface area contributed by atoms with Gasteiger partial charge < -0.3 is 5.32 Å². The molecule has 0 atom stereocenters. The van der Waals surface area contributed by atoms with Gasteiger partial charge in [0, 0.05) is 11.6 Å². The largest absolute Gasteiger partial charge is 0.349 e. The lowest BCUT2D eigenvalue weighted by molar-refractivity contribution is 0.0928. The third-order valence-electron chi connectivity index (χ3n) is 3.70. The molecule has 0 spiro atoms. The molecule has 0 radical (unpaired) electrons. The molecule has 3 nitrogen and oxygen atoms in total. The van der Waals surface area contributed by atoms with E-state index in [1.54, 1.807) is 11.3 Å². The summed E-state index contributed by atoms with van der Waals surface area (Å²) in [7, 11) is 0. The van der Waals surface area contributed by atoms with E-state index in [-0.39, 0.29) is 5.91 Å². The van der Waals surface area contributed by atoms with Crippen LogP contribution in [0.2, 0.25) is 0 Å². The number of hydrogen-bond acceptors (Lipinski definition) is 3. The Balaban J connectivity index is 1.76. The highest BCUT2D eigenvalue weighted by Crippen LogP contribution is 2.23. The van der Waals surface area contributed by atoms with E-state index in [1.807, 2.05) is 25.1 Å². The fourth-order valence-electron chi connectivity index (χ4n) is 2.70. The van der Waals surface area contributed by atoms with Crippen LogP contribution >= 0.6 is 11.3 Å². The van der Waals surface area contributed by atoms with Crippen molar-refractivity contribution in [2.24, 2.45) is 0 Å². The quantitative estimate of drug-likeness (QED) is 0.908. The second-order valence-corrected chi connectivity index (χ2v) is 6.46. The minimum atomic E-state index is 0.0554. The van der Waals surface area contributed by atoms with Crippen molar-refractivity contribution in [2.45, 2.75) is 45.1 Å². The lowest BCUT2D eigenvalue weighted by atomic mass is 9.95. The molecule has 1 N–H and O–H groups in total. The first-order valence-electron chi connectivity index (χ1n) is 6.90. The van der Waals surface area contributed by atoms with Gasteiger partial charge in [-0.25, -0.2) is 4.98 Å². The summed E-state index contributed by atoms with van der Waals surface area (Å²) in [6, 6.07) is 6.13. The molecular formula is C15H18N2OS. The van der Waals surface area contributed by atoms with Crippen LogP contribution in [-0.4, -0.2) is 16.9 Å². The molecule has 1 heterocycles. The molecule has 100 valence electrons. The molecule has 1 saturated carbocycles. The number of aryl methyl sites for hydroxylation is 1. The van der Waals surface area contributed by atoms with Gasteiger partial charge in [0.05, 0.1) is 15.2 Å². The third-order valence-corrected chi connectivity index (χ3v) is 4.63. The molecule has 1 aliphatic rings. The van der Waals surface area contributed by atoms with Crippen LogP contribution in [0.5, 0.6) is 0 Å². The maximum absolute atomic E-state index is 12.2. The molecular weight excluding hydrogens is 256 g/mol. The second kappa shape index (κ2) is 5.29. The Morgan fingerprint density at radius 1 is 1.32 bits per heavy atom. The molecule has 1 fully saturated rings. The van der Waals surface area contributed by atoms with Gasteiger partial charge in [0.15, 0.2) is 0 Å². The Morgan fingerprint density at radius 2 is 2.11 bits per heavy atom. The molecule has 1 aromatic heterocycles. The molecule has 3 rings (SSSR count). The van der Waals surface area contributed by atoms with Gasteiger partial charge in [0.2, 0.25) is 0 Å². The van der Waals surface area contributed by atoms with E-state index < -0.39 is 0 Å². The Kier molecular flexibility index (Phi) is 3.51. The van der Waals surface area contributed by atoms with Crippen LogP contribution in [0.4, 0.5) is 0 Å². The number of hydrogen-bond donors (Lipinski definition) is 1. The second-order valence-electron chi connectivity index (χ2n) is 5.22. The van der Waals surface area contributed by atoms with E-state index in [9.17, 15) is 4.79 Å². The van der Waals surface area contributed by atoms with Gasteiger partial charge >= 0.3 is 0 Å². The number of nitrogens with one attached hydrogen (secondary N) is 1. The average Bonchev–Trinajstić information content (AvgIpc) is 2.78. The summed E-state index contributed by atoms with van der Waals surface area (Å²) < 4.78 is 1.09. The zero-order valence-corrected chi connectivity index (χ0v) is 11.9. The van der Waals surface area contributed by atoms with Crippen molar-refractivity contribution < 1.29 is 4.79 Å². The first kappa shape index (κ1) is 12.6. The topological polar surface area (TPSA) is 42.0 Å². The van der Waals surface area contributed by atoms with Crippen LogP contribution in [0.15, 0.2) is 18.2 Å². The van der Waals surface area contributed by atoms with E-state index >= 15 is 0 Å². The molecule has 0 bridgehead atoms. The summed E-state index contributed by atoms with van der Waals surface area (Å²) in [6.07, 6.45) is 6.01. The smallest absolute Gasteiger partial charge is 0.251 e. The number of carbonyl (C=O) groups excluding carboxylic acids is 1. The first-order valence-corrected chi connectivity index (χ1v) is 7.72. The van der Waals surface area contributed by atoms with Crippen LogP contribution in [0.1, 0.15) is 47.5 Å². The van der Waals surface area contributed by atoms with E-state index in [0.29, 0.717) is 6.04 Å². The Labute approximate surface area is 117 Å². The number of carbonyl (C=O) groups is 1. The monoisotopic (exact) mass is 274 g/mol. The highest BCUT2D eigenvalue weighted by molar-refractivity contribution is 7.18. The van der Waals surface area contributed by atoms with Crippen molar-refractivity contribution in [1.29, 1.82) is 0 Å². The summed E-state index contributed by atoms with van der Waals surface area (Å²) in [5, 5.41) is 4.19. The molecule has 1 amide bonds. The first-order chi connectivity index (χ1) is 9.22. The summed E-state index contributed by atoms with van der Waals surface area (Å²) in [5.74, 6) is 0.0554. The zero-order valence-electron chi connectivity index (χ0n) is 11.1. The molecule has 0 saturated heterocycles. The van der Waals surface area contributed by atoms with Crippen LogP contribution in [0.3, 0.4) is 0 Å². The Hall–Kier alpha value is -1.42. The standard InChI is InChI=1S/C15H18N2OS/c1-10-16-13-8-7-11(9-14(13)19-10)15(18)17-12-5-3-2-4-6-12/h7-9,12H,2-6H2,1H3,(H,17,18). The van der Waals surface area contributed by atoms with Gasteiger partial charge in [-0.2, -0.15) is 0 Å². The van der Waals surface area contributed by atoms with E-state index in [2.05, 4.69) is 10.3 Å². The highest BCUT2D eigenvalue weighted by atomic mass is 32.1. The van der Waals surface area contributed by atoms with Gasteiger partial charge in [0.25, 0.3) is 5.91 Å². The summed E-state index contributed by atoms with van der Waals surface area (Å²) in [4.78, 5) is 16.7. The van der Waals surface area contributed by atoms with Crippen molar-refractivity contribution >= 4 is 27.5 Å². The van der Waals surface area contributed by atoms with E-state index in [1.165, 1.54) is 19.3 Å². The fourth-order valence-corrected chi connectivity index (χ4v) is 3.56. The Bertz CT molecular complexity index is 599. The molecule has 0 unspecified atom stereocenters. The number of benzene rings is 1. The summed E-state index contributed by atoms with van der Waals surface area (Å²) in [6.45, 7) is 1.99. The van der Waals surface area contributed by atoms with Crippen molar-refractivity contribution in [1.82, 2.24) is 10.3 Å². The van der Waals surface area contributed by atoms with Gasteiger partial charge in [0.1, 0.15) is 0 Å². The summed E-state index contributed by atoms with van der Waals surface area (Å²) in [5.41, 5.74) is 1.73. The lowest BCUT2D eigenvalue weighted by Crippen LogP contribution is -2.36. The normalized spacial score (nSPS) is 16.7. The van der Waals surface area contributed by atoms with Gasteiger partial charge in [-0.15, -0.1) is 11.3 Å². The molecule has 0 aliphatic heterocycles. The molecule has 2 aromatic rings. The van der Waals surface area contributed by atoms with Gasteiger partial charge in [-0.1, -0.05) is 19.3 Å². The number of rotatable bonds is 2. The van der Waals surface area contributed by atoms with Crippen LogP contribution in [0.25, 0.3) is 10.2 Å². The predicted molar refractivity (Wildman–Crippen MR) is 78.7 cm³/mol. The van der Waals surface area contributed by atoms with E-state index in [0.717, 1.165) is 33.6 Å². The maximum atomic E-state index is 12.2. The molecule has 1 aliphatic carbocycles. The van der Waals surface area contributed by atoms with E-state index in [4.69, 9.17) is 0 Å². The number of thiazole rings is 1. The van der Waals surface area contributed by atoms with Crippen LogP contribution in [0, 0.1) is 6.92 Å². The zero-order chi connectivity index (χ0) is 13.2. The van der Waals surface area contributed by atoms with Crippen LogP contribution in [-0.2, 0) is 0 Å². The van der Waals surface area contributed by atoms with Crippen LogP contribution < -0.4 is 5.32 Å². The highest BCUT2D eigenvalue weighted by Gasteiger charge is 2.17. The van der Waals surface area contributed by atoms with Crippen molar-refractivity contribution in [2.75, 3.05) is 0 Å². The van der Waals surface area contributed by atoms with Gasteiger partial charge in [-0.3, -0.25) is 4.79 Å². The Morgan fingerprint density at radius 3 is 2.89 bits per heavy atom. The van der Waals surface area contributed by atoms with Crippen molar-refractivity contribution in [3.8, 4) is 0 Å². The number of nitrogens with zero attached hydrogens (tertiary/aromatic N) is 1. The van der Waals surface area contributed by atoms with Crippen molar-refractivity contribution in [3.63, 3.8) is 0 Å². The molecule has 1 aromatic carbocycles. The number of amides is 1. The minimum Gasteiger partial charge on any atom is -0.349 e. The van der Waals surface area contributed by atoms with Crippen molar-refractivity contribution in [3.05, 3.63) is 28.8 Å². The fraction of sp³-hybridized carbons (Fsp3) is 0.467. The average molecular weight is 274 g/mol.